The van der Waals surface area contributed by atoms with Crippen molar-refractivity contribution in [2.24, 2.45) is 0 Å². The molecule has 3 aromatic rings. The SMILES string of the molecule is CCC(C)OC=O.Oc1cnc(Br)c2cc(Oc3ccccc3)ccc12. The van der Waals surface area contributed by atoms with Crippen molar-refractivity contribution in [3.05, 3.63) is 59.3 Å². The van der Waals surface area contributed by atoms with Gasteiger partial charge in [0, 0.05) is 10.8 Å². The lowest BCUT2D eigenvalue weighted by molar-refractivity contribution is -0.132. The van der Waals surface area contributed by atoms with E-state index in [4.69, 9.17) is 4.74 Å². The fraction of sp³-hybridized carbons (Fsp3) is 0.200. The number of para-hydroxylation sites is 1. The standard InChI is InChI=1S/C15H10BrNO2.C5H10O2/c16-15-13-8-11(19-10-4-2-1-3-5-10)6-7-12(13)14(18)9-17-15;1-3-5(2)7-4-6/h1-9,18H;4-5H,3H2,1-2H3. The van der Waals surface area contributed by atoms with Crippen molar-refractivity contribution >= 4 is 33.2 Å². The fourth-order valence-electron chi connectivity index (χ4n) is 2.05. The first-order chi connectivity index (χ1) is 12.5. The highest BCUT2D eigenvalue weighted by atomic mass is 79.9. The number of fused-ring (bicyclic) bond motifs is 1. The van der Waals surface area contributed by atoms with Crippen LogP contribution in [-0.2, 0) is 9.53 Å². The Labute approximate surface area is 160 Å². The second-order valence-corrected chi connectivity index (χ2v) is 6.26. The molecule has 0 amide bonds. The number of carbonyl (C=O) groups excluding carboxylic acids is 1. The molecule has 0 saturated heterocycles. The quantitative estimate of drug-likeness (QED) is 0.441. The average Bonchev–Trinajstić information content (AvgIpc) is 2.66. The number of rotatable bonds is 5. The van der Waals surface area contributed by atoms with Gasteiger partial charge >= 0.3 is 0 Å². The molecule has 1 N–H and O–H groups in total. The summed E-state index contributed by atoms with van der Waals surface area (Å²) >= 11 is 3.37. The third kappa shape index (κ3) is 5.46. The topological polar surface area (TPSA) is 68.7 Å². The lowest BCUT2D eigenvalue weighted by atomic mass is 10.1. The van der Waals surface area contributed by atoms with Gasteiger partial charge in [0.2, 0.25) is 0 Å². The summed E-state index contributed by atoms with van der Waals surface area (Å²) in [5, 5.41) is 11.3. The Bertz CT molecular complexity index is 855. The van der Waals surface area contributed by atoms with Gasteiger partial charge in [0.1, 0.15) is 21.9 Å². The van der Waals surface area contributed by atoms with Crippen LogP contribution in [0.2, 0.25) is 0 Å². The Balaban J connectivity index is 0.000000298. The Morgan fingerprint density at radius 3 is 2.50 bits per heavy atom. The zero-order valence-corrected chi connectivity index (χ0v) is 16.1. The minimum atomic E-state index is 0.0810. The molecule has 0 spiro atoms. The normalized spacial score (nSPS) is 11.2. The highest BCUT2D eigenvalue weighted by molar-refractivity contribution is 9.10. The second kappa shape index (κ2) is 9.77. The summed E-state index contributed by atoms with van der Waals surface area (Å²) < 4.78 is 10.9. The lowest BCUT2D eigenvalue weighted by Crippen LogP contribution is -2.03. The molecule has 1 atom stereocenters. The second-order valence-electron chi connectivity index (χ2n) is 5.51. The Hall–Kier alpha value is -2.60. The number of halogens is 1. The molecule has 1 unspecified atom stereocenters. The summed E-state index contributed by atoms with van der Waals surface area (Å²) in [6.07, 6.45) is 2.39. The van der Waals surface area contributed by atoms with Gasteiger partial charge in [-0.3, -0.25) is 4.79 Å². The molecule has 1 heterocycles. The van der Waals surface area contributed by atoms with Crippen LogP contribution in [0.25, 0.3) is 10.8 Å². The molecule has 5 nitrogen and oxygen atoms in total. The first-order valence-corrected chi connectivity index (χ1v) is 8.93. The first kappa shape index (κ1) is 19.7. The van der Waals surface area contributed by atoms with Gasteiger partial charge in [-0.1, -0.05) is 25.1 Å². The average molecular weight is 418 g/mol. The van der Waals surface area contributed by atoms with E-state index in [0.717, 1.165) is 22.9 Å². The summed E-state index contributed by atoms with van der Waals surface area (Å²) in [6, 6.07) is 15.0. The van der Waals surface area contributed by atoms with Crippen molar-refractivity contribution in [1.82, 2.24) is 4.98 Å². The number of hydrogen-bond acceptors (Lipinski definition) is 5. The third-order valence-electron chi connectivity index (χ3n) is 3.63. The van der Waals surface area contributed by atoms with Crippen molar-refractivity contribution in [2.45, 2.75) is 26.4 Å². The van der Waals surface area contributed by atoms with Crippen LogP contribution in [-0.4, -0.2) is 22.7 Å². The molecule has 3 rings (SSSR count). The van der Waals surface area contributed by atoms with Crippen LogP contribution in [0.4, 0.5) is 0 Å². The van der Waals surface area contributed by atoms with Gasteiger partial charge in [-0.05, 0) is 59.6 Å². The van der Waals surface area contributed by atoms with E-state index in [-0.39, 0.29) is 11.9 Å². The molecule has 0 saturated carbocycles. The van der Waals surface area contributed by atoms with Gasteiger partial charge in [0.25, 0.3) is 6.47 Å². The molecule has 0 bridgehead atoms. The zero-order valence-electron chi connectivity index (χ0n) is 14.6. The number of aromatic hydroxyl groups is 1. The predicted octanol–water partition coefficient (Wildman–Crippen LogP) is 5.45. The highest BCUT2D eigenvalue weighted by Crippen LogP contribution is 2.33. The Kier molecular flexibility index (Phi) is 7.41. The van der Waals surface area contributed by atoms with E-state index >= 15 is 0 Å². The molecule has 136 valence electrons. The molecule has 0 radical (unpaired) electrons. The van der Waals surface area contributed by atoms with E-state index in [1.165, 1.54) is 6.20 Å². The number of pyridine rings is 1. The third-order valence-corrected chi connectivity index (χ3v) is 4.26. The molecule has 1 aromatic heterocycles. The first-order valence-electron chi connectivity index (χ1n) is 8.14. The zero-order chi connectivity index (χ0) is 18.9. The van der Waals surface area contributed by atoms with Crippen LogP contribution in [0.3, 0.4) is 0 Å². The van der Waals surface area contributed by atoms with Gasteiger partial charge in [-0.2, -0.15) is 0 Å². The van der Waals surface area contributed by atoms with Crippen molar-refractivity contribution in [3.63, 3.8) is 0 Å². The van der Waals surface area contributed by atoms with Gasteiger partial charge in [0.05, 0.1) is 12.3 Å². The monoisotopic (exact) mass is 417 g/mol. The van der Waals surface area contributed by atoms with Crippen LogP contribution >= 0.6 is 15.9 Å². The van der Waals surface area contributed by atoms with Crippen LogP contribution in [0.15, 0.2) is 59.3 Å². The smallest absolute Gasteiger partial charge is 0.293 e. The van der Waals surface area contributed by atoms with Gasteiger partial charge in [-0.25, -0.2) is 4.98 Å². The molecule has 0 aliphatic heterocycles. The number of aromatic nitrogens is 1. The summed E-state index contributed by atoms with van der Waals surface area (Å²) in [5.74, 6) is 1.63. The van der Waals surface area contributed by atoms with Crippen molar-refractivity contribution in [2.75, 3.05) is 0 Å². The molecule has 0 fully saturated rings. The van der Waals surface area contributed by atoms with Gasteiger partial charge < -0.3 is 14.6 Å². The van der Waals surface area contributed by atoms with E-state index in [1.807, 2.05) is 62.4 Å². The van der Waals surface area contributed by atoms with E-state index in [2.05, 4.69) is 25.7 Å². The minimum absolute atomic E-state index is 0.0810. The number of carbonyl (C=O) groups is 1. The fourth-order valence-corrected chi connectivity index (χ4v) is 2.48. The summed E-state index contributed by atoms with van der Waals surface area (Å²) in [5.41, 5.74) is 0. The van der Waals surface area contributed by atoms with Crippen molar-refractivity contribution < 1.29 is 19.4 Å². The molecule has 2 aromatic carbocycles. The summed E-state index contributed by atoms with van der Waals surface area (Å²) in [7, 11) is 0. The van der Waals surface area contributed by atoms with Gasteiger partial charge in [-0.15, -0.1) is 0 Å². The van der Waals surface area contributed by atoms with E-state index in [0.29, 0.717) is 16.8 Å². The van der Waals surface area contributed by atoms with Gasteiger partial charge in [0.15, 0.2) is 0 Å². The van der Waals surface area contributed by atoms with E-state index < -0.39 is 0 Å². The number of ether oxygens (including phenoxy) is 2. The van der Waals surface area contributed by atoms with Crippen LogP contribution in [0.1, 0.15) is 20.3 Å². The summed E-state index contributed by atoms with van der Waals surface area (Å²) in [6.45, 7) is 4.30. The minimum Gasteiger partial charge on any atom is -0.506 e. The maximum atomic E-state index is 9.75. The lowest BCUT2D eigenvalue weighted by Gasteiger charge is -2.08. The number of nitrogens with zero attached hydrogens (tertiary/aromatic N) is 1. The molecule has 0 aliphatic rings. The number of benzene rings is 2. The molecule has 0 aliphatic carbocycles. The van der Waals surface area contributed by atoms with Crippen molar-refractivity contribution in [1.29, 1.82) is 0 Å². The predicted molar refractivity (Wildman–Crippen MR) is 105 cm³/mol. The van der Waals surface area contributed by atoms with E-state index in [9.17, 15) is 9.90 Å². The Morgan fingerprint density at radius 1 is 1.15 bits per heavy atom. The Morgan fingerprint density at radius 2 is 1.88 bits per heavy atom. The number of hydrogen-bond donors (Lipinski definition) is 1. The van der Waals surface area contributed by atoms with Crippen LogP contribution < -0.4 is 4.74 Å². The largest absolute Gasteiger partial charge is 0.506 e. The van der Waals surface area contributed by atoms with Crippen LogP contribution in [0, 0.1) is 0 Å². The molecular weight excluding hydrogens is 398 g/mol. The molecule has 6 heteroatoms. The maximum Gasteiger partial charge on any atom is 0.293 e. The summed E-state index contributed by atoms with van der Waals surface area (Å²) in [4.78, 5) is 13.6. The maximum absolute atomic E-state index is 9.75. The van der Waals surface area contributed by atoms with Crippen molar-refractivity contribution in [3.8, 4) is 17.2 Å². The van der Waals surface area contributed by atoms with E-state index in [1.54, 1.807) is 0 Å². The molecule has 26 heavy (non-hydrogen) atoms. The van der Waals surface area contributed by atoms with Crippen LogP contribution in [0.5, 0.6) is 17.2 Å². The molecular formula is C20H20BrNO4. The highest BCUT2D eigenvalue weighted by Gasteiger charge is 2.07.